The summed E-state index contributed by atoms with van der Waals surface area (Å²) < 4.78 is 57.3. The fourth-order valence-corrected chi connectivity index (χ4v) is 4.26. The van der Waals surface area contributed by atoms with Gasteiger partial charge in [0.1, 0.15) is 11.6 Å². The van der Waals surface area contributed by atoms with Crippen LogP contribution in [0.2, 0.25) is 0 Å². The van der Waals surface area contributed by atoms with Gasteiger partial charge in [-0.3, -0.25) is 9.78 Å². The van der Waals surface area contributed by atoms with Gasteiger partial charge in [0.05, 0.1) is 29.1 Å². The third-order valence-electron chi connectivity index (χ3n) is 4.44. The highest BCUT2D eigenvalue weighted by atomic mass is 32.2. The minimum absolute atomic E-state index is 0.0487. The quantitative estimate of drug-likeness (QED) is 0.644. The van der Waals surface area contributed by atoms with E-state index in [1.54, 1.807) is 18.3 Å². The van der Waals surface area contributed by atoms with Gasteiger partial charge in [0, 0.05) is 23.3 Å². The Balaban J connectivity index is 1.45. The molecule has 0 spiro atoms. The van der Waals surface area contributed by atoms with Crippen LogP contribution in [0, 0.1) is 11.6 Å². The van der Waals surface area contributed by atoms with E-state index < -0.39 is 32.3 Å². The largest absolute Gasteiger partial charge is 0.449 e. The number of allylic oxidation sites excluding steroid dienone is 2. The minimum atomic E-state index is -4.05. The fourth-order valence-electron chi connectivity index (χ4n) is 2.91. The lowest BCUT2D eigenvalue weighted by Gasteiger charge is -2.18. The lowest BCUT2D eigenvalue weighted by molar-refractivity contribution is 0.0931. The van der Waals surface area contributed by atoms with Crippen LogP contribution in [0.1, 0.15) is 10.6 Å². The third-order valence-corrected chi connectivity index (χ3v) is 6.26. The minimum Gasteiger partial charge on any atom is -0.449 e. The number of nitrogens with zero attached hydrogens (tertiary/aromatic N) is 1. The van der Waals surface area contributed by atoms with Crippen molar-refractivity contribution in [2.24, 2.45) is 0 Å². The van der Waals surface area contributed by atoms with Crippen molar-refractivity contribution >= 4 is 26.7 Å². The number of carbonyl (C=O) groups is 1. The highest BCUT2D eigenvalue weighted by Gasteiger charge is 2.24. The smallest absolute Gasteiger partial charge is 0.287 e. The molecule has 0 saturated carbocycles. The van der Waals surface area contributed by atoms with Gasteiger partial charge < -0.3 is 15.1 Å². The maximum absolute atomic E-state index is 13.4. The van der Waals surface area contributed by atoms with E-state index in [1.807, 2.05) is 0 Å². The van der Waals surface area contributed by atoms with Crippen LogP contribution in [0.15, 0.2) is 74.8 Å². The Kier molecular flexibility index (Phi) is 5.08. The summed E-state index contributed by atoms with van der Waals surface area (Å²) in [5.74, 6) is -2.26. The maximum atomic E-state index is 13.4. The van der Waals surface area contributed by atoms with Crippen LogP contribution in [0.3, 0.4) is 0 Å². The van der Waals surface area contributed by atoms with E-state index in [9.17, 15) is 22.0 Å². The van der Waals surface area contributed by atoms with Crippen molar-refractivity contribution in [3.05, 3.63) is 82.9 Å². The number of benzene rings is 1. The standard InChI is InChI=1S/C20H15F2N3O4S/c21-13-6-14(22)8-17(7-13)30(27,28)16-2-1-15(24-10-16)9-25-20(26)18-5-12-3-4-23-11-19(12)29-18/h1-8,11,24H,9-10H2,(H,25,26). The van der Waals surface area contributed by atoms with Gasteiger partial charge in [-0.2, -0.15) is 0 Å². The van der Waals surface area contributed by atoms with E-state index in [2.05, 4.69) is 15.6 Å². The number of pyridine rings is 1. The zero-order valence-corrected chi connectivity index (χ0v) is 16.2. The Labute approximate surface area is 170 Å². The van der Waals surface area contributed by atoms with Gasteiger partial charge in [0.2, 0.25) is 9.84 Å². The molecule has 3 aromatic rings. The van der Waals surface area contributed by atoms with Crippen molar-refractivity contribution in [2.75, 3.05) is 13.1 Å². The first kappa shape index (κ1) is 19.8. The molecular weight excluding hydrogens is 416 g/mol. The first-order chi connectivity index (χ1) is 14.3. The summed E-state index contributed by atoms with van der Waals surface area (Å²) in [6.45, 7) is 0.0189. The molecule has 3 heterocycles. The number of nitrogens with one attached hydrogen (secondary N) is 2. The number of amides is 1. The number of dihydropyridines is 1. The molecule has 30 heavy (non-hydrogen) atoms. The number of fused-ring (bicyclic) bond motifs is 1. The van der Waals surface area contributed by atoms with Gasteiger partial charge in [-0.05, 0) is 36.4 Å². The molecule has 1 aliphatic rings. The second-order valence-corrected chi connectivity index (χ2v) is 8.50. The van der Waals surface area contributed by atoms with Crippen molar-refractivity contribution in [3.8, 4) is 0 Å². The molecule has 10 heteroatoms. The Morgan fingerprint density at radius 1 is 1.17 bits per heavy atom. The molecule has 0 atom stereocenters. The molecule has 2 aromatic heterocycles. The zero-order chi connectivity index (χ0) is 21.3. The Bertz CT molecular complexity index is 1260. The third kappa shape index (κ3) is 3.94. The number of halogens is 2. The summed E-state index contributed by atoms with van der Waals surface area (Å²) in [6, 6.07) is 5.45. The second kappa shape index (κ2) is 7.71. The fraction of sp³-hybridized carbons (Fsp3) is 0.100. The summed E-state index contributed by atoms with van der Waals surface area (Å²) >= 11 is 0. The number of rotatable bonds is 5. The van der Waals surface area contributed by atoms with Crippen LogP contribution in [0.25, 0.3) is 11.0 Å². The van der Waals surface area contributed by atoms with Crippen LogP contribution >= 0.6 is 0 Å². The molecule has 1 amide bonds. The summed E-state index contributed by atoms with van der Waals surface area (Å²) in [6.07, 6.45) is 5.92. The van der Waals surface area contributed by atoms with E-state index in [-0.39, 0.29) is 23.8 Å². The van der Waals surface area contributed by atoms with Crippen LogP contribution in [0.5, 0.6) is 0 Å². The SMILES string of the molecule is O=C(NCC1=CC=C(S(=O)(=O)c2cc(F)cc(F)c2)CN1)c1cc2ccncc2o1. The molecule has 1 aliphatic heterocycles. The van der Waals surface area contributed by atoms with Crippen LogP contribution in [-0.4, -0.2) is 32.4 Å². The Hall–Kier alpha value is -3.53. The van der Waals surface area contributed by atoms with Gasteiger partial charge in [-0.15, -0.1) is 0 Å². The summed E-state index contributed by atoms with van der Waals surface area (Å²) in [4.78, 5) is 15.7. The van der Waals surface area contributed by atoms with E-state index in [0.717, 1.165) is 17.5 Å². The van der Waals surface area contributed by atoms with Crippen LogP contribution in [0.4, 0.5) is 8.78 Å². The number of carbonyl (C=O) groups excluding carboxylic acids is 1. The van der Waals surface area contributed by atoms with E-state index in [0.29, 0.717) is 17.3 Å². The predicted octanol–water partition coefficient (Wildman–Crippen LogP) is 2.68. The number of hydrogen-bond acceptors (Lipinski definition) is 6. The van der Waals surface area contributed by atoms with Crippen molar-refractivity contribution in [1.29, 1.82) is 0 Å². The lowest BCUT2D eigenvalue weighted by atomic mass is 10.2. The van der Waals surface area contributed by atoms with Gasteiger partial charge in [-0.1, -0.05) is 0 Å². The molecule has 1 aromatic carbocycles. The predicted molar refractivity (Wildman–Crippen MR) is 104 cm³/mol. The number of furan rings is 1. The first-order valence-electron chi connectivity index (χ1n) is 8.79. The molecule has 0 unspecified atom stereocenters. The number of hydrogen-bond donors (Lipinski definition) is 2. The van der Waals surface area contributed by atoms with E-state index in [4.69, 9.17) is 4.42 Å². The molecule has 0 saturated heterocycles. The molecular formula is C20H15F2N3O4S. The van der Waals surface area contributed by atoms with Crippen molar-refractivity contribution < 1.29 is 26.4 Å². The van der Waals surface area contributed by atoms with Crippen molar-refractivity contribution in [3.63, 3.8) is 0 Å². The van der Waals surface area contributed by atoms with E-state index in [1.165, 1.54) is 18.3 Å². The molecule has 2 N–H and O–H groups in total. The molecule has 4 rings (SSSR count). The monoisotopic (exact) mass is 431 g/mol. The lowest BCUT2D eigenvalue weighted by Crippen LogP contribution is -2.33. The zero-order valence-electron chi connectivity index (χ0n) is 15.4. The maximum Gasteiger partial charge on any atom is 0.287 e. The van der Waals surface area contributed by atoms with Crippen LogP contribution < -0.4 is 10.6 Å². The first-order valence-corrected chi connectivity index (χ1v) is 10.3. The second-order valence-electron chi connectivity index (χ2n) is 6.49. The summed E-state index contributed by atoms with van der Waals surface area (Å²) in [5, 5.41) is 6.29. The van der Waals surface area contributed by atoms with Crippen LogP contribution in [-0.2, 0) is 9.84 Å². The highest BCUT2D eigenvalue weighted by molar-refractivity contribution is 7.95. The van der Waals surface area contributed by atoms with Crippen molar-refractivity contribution in [1.82, 2.24) is 15.6 Å². The molecule has 0 fully saturated rings. The number of aromatic nitrogens is 1. The summed E-state index contributed by atoms with van der Waals surface area (Å²) in [7, 11) is -4.05. The Morgan fingerprint density at radius 3 is 2.60 bits per heavy atom. The van der Waals surface area contributed by atoms with Gasteiger partial charge in [-0.25, -0.2) is 17.2 Å². The molecule has 0 bridgehead atoms. The summed E-state index contributed by atoms with van der Waals surface area (Å²) in [5.41, 5.74) is 1.05. The van der Waals surface area contributed by atoms with Gasteiger partial charge >= 0.3 is 0 Å². The average Bonchev–Trinajstić information content (AvgIpc) is 3.16. The van der Waals surface area contributed by atoms with Gasteiger partial charge in [0.15, 0.2) is 11.3 Å². The van der Waals surface area contributed by atoms with Gasteiger partial charge in [0.25, 0.3) is 5.91 Å². The average molecular weight is 431 g/mol. The van der Waals surface area contributed by atoms with Crippen molar-refractivity contribution in [2.45, 2.75) is 4.90 Å². The molecule has 0 aliphatic carbocycles. The topological polar surface area (TPSA) is 101 Å². The number of sulfone groups is 1. The molecule has 154 valence electrons. The Morgan fingerprint density at radius 2 is 1.93 bits per heavy atom. The molecule has 7 nitrogen and oxygen atoms in total. The normalized spacial score (nSPS) is 14.1. The highest BCUT2D eigenvalue weighted by Crippen LogP contribution is 2.23. The molecule has 0 radical (unpaired) electrons. The van der Waals surface area contributed by atoms with E-state index >= 15 is 0 Å².